The van der Waals surface area contributed by atoms with E-state index in [1.165, 1.54) is 0 Å². The third-order valence-electron chi connectivity index (χ3n) is 2.09. The third kappa shape index (κ3) is 5.32. The van der Waals surface area contributed by atoms with E-state index < -0.39 is 30.3 Å². The Morgan fingerprint density at radius 3 is 1.94 bits per heavy atom. The molecule has 0 aliphatic rings. The van der Waals surface area contributed by atoms with Crippen molar-refractivity contribution in [1.82, 2.24) is 0 Å². The summed E-state index contributed by atoms with van der Waals surface area (Å²) < 4.78 is 61.5. The van der Waals surface area contributed by atoms with Gasteiger partial charge in [-0.1, -0.05) is 0 Å². The van der Waals surface area contributed by atoms with Crippen molar-refractivity contribution in [2.45, 2.75) is 25.1 Å². The summed E-state index contributed by atoms with van der Waals surface area (Å²) in [6, 6.07) is 0.671. The first-order chi connectivity index (χ1) is 7.29. The first-order valence-corrected chi connectivity index (χ1v) is 4.56. The maximum absolute atomic E-state index is 12.7. The number of hydrogen-bond acceptors (Lipinski definition) is 1. The van der Waals surface area contributed by atoms with E-state index in [1.54, 1.807) is 0 Å². The highest BCUT2D eigenvalue weighted by molar-refractivity contribution is 5.85. The standard InChI is InChI=1S/C10H10F5N.ClH/c11-7-3-6(4-8(12)5-7)1-2-9(16)10(13,14)15;/h3-5,9H,1-2,16H2;1H. The largest absolute Gasteiger partial charge is 0.403 e. The van der Waals surface area contributed by atoms with Crippen molar-refractivity contribution in [3.05, 3.63) is 35.4 Å². The Kier molecular flexibility index (Phi) is 5.84. The van der Waals surface area contributed by atoms with E-state index >= 15 is 0 Å². The van der Waals surface area contributed by atoms with Crippen LogP contribution in [0.4, 0.5) is 22.0 Å². The molecule has 0 heterocycles. The van der Waals surface area contributed by atoms with Gasteiger partial charge in [0.15, 0.2) is 0 Å². The number of hydrogen-bond donors (Lipinski definition) is 1. The van der Waals surface area contributed by atoms with Crippen molar-refractivity contribution in [2.75, 3.05) is 0 Å². The highest BCUT2D eigenvalue weighted by atomic mass is 35.5. The van der Waals surface area contributed by atoms with Crippen LogP contribution in [-0.4, -0.2) is 12.2 Å². The summed E-state index contributed by atoms with van der Waals surface area (Å²) in [6.07, 6.45) is -4.99. The molecule has 0 amide bonds. The smallest absolute Gasteiger partial charge is 0.320 e. The molecule has 0 saturated heterocycles. The van der Waals surface area contributed by atoms with Gasteiger partial charge in [0.1, 0.15) is 17.7 Å². The monoisotopic (exact) mass is 275 g/mol. The molecule has 1 aromatic rings. The highest BCUT2D eigenvalue weighted by Gasteiger charge is 2.35. The zero-order valence-corrected chi connectivity index (χ0v) is 9.42. The summed E-state index contributed by atoms with van der Waals surface area (Å²) in [5.74, 6) is -1.62. The fourth-order valence-corrected chi connectivity index (χ4v) is 1.24. The minimum absolute atomic E-state index is 0. The van der Waals surface area contributed by atoms with Crippen molar-refractivity contribution in [2.24, 2.45) is 5.73 Å². The summed E-state index contributed by atoms with van der Waals surface area (Å²) in [5, 5.41) is 0. The van der Waals surface area contributed by atoms with Gasteiger partial charge >= 0.3 is 6.18 Å². The molecule has 1 aromatic carbocycles. The second-order valence-electron chi connectivity index (χ2n) is 3.46. The second-order valence-corrected chi connectivity index (χ2v) is 3.46. The van der Waals surface area contributed by atoms with Crippen molar-refractivity contribution in [3.63, 3.8) is 0 Å². The Hall–Kier alpha value is -0.880. The van der Waals surface area contributed by atoms with Gasteiger partial charge in [-0.05, 0) is 30.5 Å². The molecule has 7 heteroatoms. The van der Waals surface area contributed by atoms with Gasteiger partial charge in [0.2, 0.25) is 0 Å². The molecule has 0 aliphatic heterocycles. The topological polar surface area (TPSA) is 26.0 Å². The molecule has 0 radical (unpaired) electrons. The van der Waals surface area contributed by atoms with E-state index in [0.29, 0.717) is 6.07 Å². The van der Waals surface area contributed by atoms with Gasteiger partial charge in [-0.25, -0.2) is 8.78 Å². The van der Waals surface area contributed by atoms with E-state index in [1.807, 2.05) is 0 Å². The summed E-state index contributed by atoms with van der Waals surface area (Å²) in [6.45, 7) is 0. The van der Waals surface area contributed by atoms with Crippen LogP contribution >= 0.6 is 12.4 Å². The fraction of sp³-hybridized carbons (Fsp3) is 0.400. The summed E-state index contributed by atoms with van der Waals surface area (Å²) >= 11 is 0. The van der Waals surface area contributed by atoms with Gasteiger partial charge in [-0.3, -0.25) is 0 Å². The van der Waals surface area contributed by atoms with Crippen molar-refractivity contribution >= 4 is 12.4 Å². The average Bonchev–Trinajstić information content (AvgIpc) is 2.11. The molecule has 1 unspecified atom stereocenters. The van der Waals surface area contributed by atoms with E-state index in [2.05, 4.69) is 0 Å². The Morgan fingerprint density at radius 1 is 1.06 bits per heavy atom. The molecular formula is C10H11ClF5N. The Morgan fingerprint density at radius 2 is 1.53 bits per heavy atom. The van der Waals surface area contributed by atoms with Crippen LogP contribution in [0.3, 0.4) is 0 Å². The predicted molar refractivity (Wildman–Crippen MR) is 56.0 cm³/mol. The maximum Gasteiger partial charge on any atom is 0.403 e. The Balaban J connectivity index is 0.00000256. The number of rotatable bonds is 3. The van der Waals surface area contributed by atoms with Gasteiger partial charge in [0, 0.05) is 6.07 Å². The molecule has 2 N–H and O–H groups in total. The van der Waals surface area contributed by atoms with Gasteiger partial charge in [0.05, 0.1) is 0 Å². The van der Waals surface area contributed by atoms with Crippen LogP contribution in [0.1, 0.15) is 12.0 Å². The van der Waals surface area contributed by atoms with Gasteiger partial charge < -0.3 is 5.73 Å². The van der Waals surface area contributed by atoms with Crippen molar-refractivity contribution in [3.8, 4) is 0 Å². The van der Waals surface area contributed by atoms with Gasteiger partial charge in [-0.15, -0.1) is 12.4 Å². The first-order valence-electron chi connectivity index (χ1n) is 4.56. The van der Waals surface area contributed by atoms with Crippen molar-refractivity contribution in [1.29, 1.82) is 0 Å². The zero-order valence-electron chi connectivity index (χ0n) is 8.60. The summed E-state index contributed by atoms with van der Waals surface area (Å²) in [4.78, 5) is 0. The van der Waals surface area contributed by atoms with E-state index in [4.69, 9.17) is 5.73 Å². The van der Waals surface area contributed by atoms with E-state index in [9.17, 15) is 22.0 Å². The lowest BCUT2D eigenvalue weighted by molar-refractivity contribution is -0.148. The van der Waals surface area contributed by atoms with Crippen LogP contribution in [0.2, 0.25) is 0 Å². The Bertz CT molecular complexity index is 346. The van der Waals surface area contributed by atoms with Crippen LogP contribution in [-0.2, 0) is 6.42 Å². The molecule has 0 fully saturated rings. The van der Waals surface area contributed by atoms with E-state index in [-0.39, 0.29) is 24.4 Å². The fourth-order valence-electron chi connectivity index (χ4n) is 1.24. The lowest BCUT2D eigenvalue weighted by Gasteiger charge is -2.15. The number of nitrogens with two attached hydrogens (primary N) is 1. The van der Waals surface area contributed by atoms with Crippen LogP contribution < -0.4 is 5.73 Å². The first kappa shape index (κ1) is 16.1. The van der Waals surface area contributed by atoms with Crippen LogP contribution in [0.25, 0.3) is 0 Å². The third-order valence-corrected chi connectivity index (χ3v) is 2.09. The maximum atomic E-state index is 12.7. The normalized spacial score (nSPS) is 13.1. The molecule has 0 saturated carbocycles. The quantitative estimate of drug-likeness (QED) is 0.842. The predicted octanol–water partition coefficient (Wildman–Crippen LogP) is 3.21. The lowest BCUT2D eigenvalue weighted by atomic mass is 10.1. The molecular weight excluding hydrogens is 265 g/mol. The molecule has 0 spiro atoms. The number of alkyl halides is 3. The summed E-state index contributed by atoms with van der Waals surface area (Å²) in [7, 11) is 0. The minimum Gasteiger partial charge on any atom is -0.320 e. The van der Waals surface area contributed by atoms with E-state index in [0.717, 1.165) is 12.1 Å². The lowest BCUT2D eigenvalue weighted by Crippen LogP contribution is -2.37. The molecule has 0 aliphatic carbocycles. The zero-order chi connectivity index (χ0) is 12.3. The highest BCUT2D eigenvalue weighted by Crippen LogP contribution is 2.22. The molecule has 1 nitrogen and oxygen atoms in total. The number of aryl methyl sites for hydroxylation is 1. The second kappa shape index (κ2) is 6.16. The van der Waals surface area contributed by atoms with Crippen LogP contribution in [0.5, 0.6) is 0 Å². The molecule has 98 valence electrons. The minimum atomic E-state index is -4.48. The molecule has 1 atom stereocenters. The number of benzene rings is 1. The SMILES string of the molecule is Cl.NC(CCc1cc(F)cc(F)c1)C(F)(F)F. The van der Waals surface area contributed by atoms with Crippen LogP contribution in [0, 0.1) is 11.6 Å². The van der Waals surface area contributed by atoms with Crippen molar-refractivity contribution < 1.29 is 22.0 Å². The Labute approximate surface area is 101 Å². The molecule has 0 bridgehead atoms. The van der Waals surface area contributed by atoms with Gasteiger partial charge in [0.25, 0.3) is 0 Å². The summed E-state index contributed by atoms with van der Waals surface area (Å²) in [5.41, 5.74) is 5.03. The van der Waals surface area contributed by atoms with Gasteiger partial charge in [-0.2, -0.15) is 13.2 Å². The number of halogens is 6. The molecule has 17 heavy (non-hydrogen) atoms. The molecule has 0 aromatic heterocycles. The molecule has 1 rings (SSSR count). The average molecular weight is 276 g/mol. The van der Waals surface area contributed by atoms with Crippen LogP contribution in [0.15, 0.2) is 18.2 Å².